The molecule has 1 atom stereocenters. The third-order valence-electron chi connectivity index (χ3n) is 4.73. The molecule has 2 N–H and O–H groups in total. The minimum absolute atomic E-state index is 0.0961. The fourth-order valence-corrected chi connectivity index (χ4v) is 3.26. The van der Waals surface area contributed by atoms with E-state index in [-0.39, 0.29) is 30.3 Å². The first kappa shape index (κ1) is 18.7. The molecule has 1 unspecified atom stereocenters. The number of nitrogens with zero attached hydrogens (tertiary/aromatic N) is 5. The van der Waals surface area contributed by atoms with Crippen LogP contribution in [0.3, 0.4) is 0 Å². The molecule has 1 aliphatic heterocycles. The number of ether oxygens (including phenoxy) is 1. The quantitative estimate of drug-likeness (QED) is 0.873. The Morgan fingerprint density at radius 2 is 1.92 bits per heavy atom. The van der Waals surface area contributed by atoms with Crippen LogP contribution in [0, 0.1) is 0 Å². The Kier molecular flexibility index (Phi) is 4.29. The average molecular weight is 372 g/mol. The molecule has 1 saturated heterocycles. The van der Waals surface area contributed by atoms with Gasteiger partial charge in [0.05, 0.1) is 23.7 Å². The molecule has 26 heavy (non-hydrogen) atoms. The largest absolute Gasteiger partial charge is 0.419 e. The van der Waals surface area contributed by atoms with E-state index in [0.29, 0.717) is 24.0 Å². The Bertz CT molecular complexity index is 813. The number of halogens is 3. The van der Waals surface area contributed by atoms with Crippen molar-refractivity contribution in [1.29, 1.82) is 0 Å². The van der Waals surface area contributed by atoms with Crippen molar-refractivity contribution in [2.24, 2.45) is 0 Å². The van der Waals surface area contributed by atoms with Gasteiger partial charge in [0.15, 0.2) is 11.2 Å². The van der Waals surface area contributed by atoms with Crippen molar-refractivity contribution in [2.45, 2.75) is 50.9 Å². The summed E-state index contributed by atoms with van der Waals surface area (Å²) in [4.78, 5) is 10.2. The number of fused-ring (bicyclic) bond motifs is 1. The number of piperidine rings is 1. The van der Waals surface area contributed by atoms with Gasteiger partial charge in [-0.3, -0.25) is 0 Å². The van der Waals surface area contributed by atoms with Crippen molar-refractivity contribution in [3.05, 3.63) is 6.20 Å². The molecule has 2 aromatic rings. The van der Waals surface area contributed by atoms with Crippen LogP contribution < -0.4 is 10.6 Å². The fourth-order valence-electron chi connectivity index (χ4n) is 3.26. The first-order chi connectivity index (χ1) is 12.0. The summed E-state index contributed by atoms with van der Waals surface area (Å²) in [5, 5.41) is 4.89. The summed E-state index contributed by atoms with van der Waals surface area (Å²) in [6, 6.07) is 0. The molecule has 0 spiro atoms. The van der Waals surface area contributed by atoms with Gasteiger partial charge in [-0.15, -0.1) is 0 Å². The van der Waals surface area contributed by atoms with E-state index in [1.54, 1.807) is 10.9 Å². The molecule has 1 aliphatic rings. The van der Waals surface area contributed by atoms with Gasteiger partial charge < -0.3 is 15.4 Å². The van der Waals surface area contributed by atoms with E-state index >= 15 is 0 Å². The Morgan fingerprint density at radius 1 is 1.23 bits per heavy atom. The van der Waals surface area contributed by atoms with Crippen LogP contribution in [0.2, 0.25) is 0 Å². The highest BCUT2D eigenvalue weighted by atomic mass is 19.4. The summed E-state index contributed by atoms with van der Waals surface area (Å²) in [7, 11) is 1.09. The van der Waals surface area contributed by atoms with Gasteiger partial charge in [0.1, 0.15) is 5.82 Å². The Balaban J connectivity index is 2.05. The zero-order chi connectivity index (χ0) is 19.3. The fraction of sp³-hybridized carbons (Fsp3) is 0.688. The van der Waals surface area contributed by atoms with E-state index < -0.39 is 11.8 Å². The molecule has 10 heteroatoms. The third-order valence-corrected chi connectivity index (χ3v) is 4.73. The Hall–Kier alpha value is -2.10. The molecule has 0 aliphatic carbocycles. The monoisotopic (exact) mass is 372 g/mol. The first-order valence-electron chi connectivity index (χ1n) is 8.37. The zero-order valence-corrected chi connectivity index (χ0v) is 15.3. The number of hydrogen-bond donors (Lipinski definition) is 1. The van der Waals surface area contributed by atoms with Crippen LogP contribution in [0.15, 0.2) is 6.20 Å². The number of methoxy groups -OCH3 is 1. The van der Waals surface area contributed by atoms with Crippen molar-refractivity contribution >= 4 is 22.8 Å². The standard InChI is InChI=1S/C16H23F3N6O/c1-14(2,3)25-12-10(8-21-25)11(20)22-13(23-12)24-7-5-6-15(9-24,26-4)16(17,18)19/h8H,5-7,9H2,1-4H3,(H2,20,22,23). The molecule has 0 amide bonds. The summed E-state index contributed by atoms with van der Waals surface area (Å²) in [5.74, 6) is 0.354. The van der Waals surface area contributed by atoms with Gasteiger partial charge in [-0.2, -0.15) is 28.2 Å². The van der Waals surface area contributed by atoms with Gasteiger partial charge >= 0.3 is 6.18 Å². The lowest BCUT2D eigenvalue weighted by atomic mass is 9.92. The van der Waals surface area contributed by atoms with Gasteiger partial charge in [-0.05, 0) is 33.6 Å². The third kappa shape index (κ3) is 2.95. The molecule has 0 aromatic carbocycles. The topological polar surface area (TPSA) is 82.1 Å². The van der Waals surface area contributed by atoms with Gasteiger partial charge in [0.25, 0.3) is 0 Å². The normalized spacial score (nSPS) is 22.2. The van der Waals surface area contributed by atoms with Crippen LogP contribution in [0.4, 0.5) is 24.9 Å². The summed E-state index contributed by atoms with van der Waals surface area (Å²) < 4.78 is 47.3. The maximum Gasteiger partial charge on any atom is 0.419 e. The smallest absolute Gasteiger partial charge is 0.383 e. The van der Waals surface area contributed by atoms with E-state index in [0.717, 1.165) is 7.11 Å². The predicted octanol–water partition coefficient (Wildman–Crippen LogP) is 2.71. The number of nitrogen functional groups attached to an aromatic ring is 1. The van der Waals surface area contributed by atoms with Gasteiger partial charge in [0.2, 0.25) is 5.95 Å². The summed E-state index contributed by atoms with van der Waals surface area (Å²) in [6.45, 7) is 5.89. The van der Waals surface area contributed by atoms with Gasteiger partial charge in [0, 0.05) is 13.7 Å². The van der Waals surface area contributed by atoms with Gasteiger partial charge in [-0.25, -0.2) is 4.68 Å². The van der Waals surface area contributed by atoms with Crippen LogP contribution in [0.5, 0.6) is 0 Å². The molecule has 0 saturated carbocycles. The lowest BCUT2D eigenvalue weighted by Gasteiger charge is -2.42. The van der Waals surface area contributed by atoms with Crippen molar-refractivity contribution in [3.63, 3.8) is 0 Å². The minimum atomic E-state index is -4.48. The Labute approximate surface area is 149 Å². The maximum absolute atomic E-state index is 13.6. The van der Waals surface area contributed by atoms with Crippen LogP contribution in [0.25, 0.3) is 11.0 Å². The van der Waals surface area contributed by atoms with Crippen LogP contribution in [-0.2, 0) is 10.3 Å². The van der Waals surface area contributed by atoms with Crippen molar-refractivity contribution in [3.8, 4) is 0 Å². The second-order valence-corrected chi connectivity index (χ2v) is 7.59. The second-order valence-electron chi connectivity index (χ2n) is 7.59. The number of nitrogens with two attached hydrogens (primary N) is 1. The molecular weight excluding hydrogens is 349 g/mol. The van der Waals surface area contributed by atoms with E-state index in [1.807, 2.05) is 20.8 Å². The molecule has 3 rings (SSSR count). The number of alkyl halides is 3. The summed E-state index contributed by atoms with van der Waals surface area (Å²) in [6.07, 6.45) is -2.69. The second kappa shape index (κ2) is 5.97. The van der Waals surface area contributed by atoms with Crippen LogP contribution in [-0.4, -0.2) is 51.7 Å². The highest BCUT2D eigenvalue weighted by Gasteiger charge is 2.57. The molecule has 3 heterocycles. The number of hydrogen-bond acceptors (Lipinski definition) is 6. The van der Waals surface area contributed by atoms with Gasteiger partial charge in [-0.1, -0.05) is 0 Å². The number of anilines is 2. The van der Waals surface area contributed by atoms with Crippen LogP contribution in [0.1, 0.15) is 33.6 Å². The van der Waals surface area contributed by atoms with E-state index in [1.165, 1.54) is 4.90 Å². The molecule has 0 radical (unpaired) electrons. The molecule has 1 fully saturated rings. The first-order valence-corrected chi connectivity index (χ1v) is 8.37. The van der Waals surface area contributed by atoms with E-state index in [9.17, 15) is 13.2 Å². The minimum Gasteiger partial charge on any atom is -0.383 e. The number of rotatable bonds is 2. The van der Waals surface area contributed by atoms with E-state index in [4.69, 9.17) is 10.5 Å². The highest BCUT2D eigenvalue weighted by molar-refractivity contribution is 5.86. The van der Waals surface area contributed by atoms with Crippen LogP contribution >= 0.6 is 0 Å². The SMILES string of the molecule is COC1(C(F)(F)F)CCCN(c2nc(N)c3cnn(C(C)(C)C)c3n2)C1. The summed E-state index contributed by atoms with van der Waals surface area (Å²) >= 11 is 0. The molecule has 0 bridgehead atoms. The zero-order valence-electron chi connectivity index (χ0n) is 15.3. The van der Waals surface area contributed by atoms with E-state index in [2.05, 4.69) is 15.1 Å². The van der Waals surface area contributed by atoms with Crippen molar-refractivity contribution in [2.75, 3.05) is 30.8 Å². The molecule has 2 aromatic heterocycles. The van der Waals surface area contributed by atoms with Crippen molar-refractivity contribution in [1.82, 2.24) is 19.7 Å². The lowest BCUT2D eigenvalue weighted by Crippen LogP contribution is -2.58. The van der Waals surface area contributed by atoms with Crippen molar-refractivity contribution < 1.29 is 17.9 Å². The lowest BCUT2D eigenvalue weighted by molar-refractivity contribution is -0.271. The molecular formula is C16H23F3N6O. The predicted molar refractivity (Wildman–Crippen MR) is 92.0 cm³/mol. The molecule has 144 valence electrons. The molecule has 7 nitrogen and oxygen atoms in total. The summed E-state index contributed by atoms with van der Waals surface area (Å²) in [5.41, 5.74) is 3.93. The average Bonchev–Trinajstić information content (AvgIpc) is 2.98. The Morgan fingerprint density at radius 3 is 2.50 bits per heavy atom. The highest BCUT2D eigenvalue weighted by Crippen LogP contribution is 2.41. The maximum atomic E-state index is 13.6. The number of aromatic nitrogens is 4.